The Balaban J connectivity index is 1.74. The van der Waals surface area contributed by atoms with Gasteiger partial charge in [-0.1, -0.05) is 57.5 Å². The Morgan fingerprint density at radius 1 is 1.18 bits per heavy atom. The lowest BCUT2D eigenvalue weighted by Crippen LogP contribution is -2.36. The van der Waals surface area contributed by atoms with Crippen LogP contribution in [0.25, 0.3) is 0 Å². The molecule has 1 aliphatic carbocycles. The number of rotatable bonds is 7. The first-order chi connectivity index (χ1) is 10.6. The molecule has 0 aliphatic heterocycles. The topological polar surface area (TPSA) is 12.5 Å². The van der Waals surface area contributed by atoms with Crippen LogP contribution in [0.2, 0.25) is 0 Å². The zero-order valence-corrected chi connectivity index (χ0v) is 14.8. The minimum Gasteiger partial charge on any atom is -0.377 e. The van der Waals surface area contributed by atoms with Crippen molar-refractivity contribution < 1.29 is 4.74 Å². The van der Waals surface area contributed by atoms with Crippen molar-refractivity contribution in [3.63, 3.8) is 0 Å². The Labute approximate surface area is 136 Å². The highest BCUT2D eigenvalue weighted by atomic mass is 16.5. The molecule has 1 aliphatic rings. The van der Waals surface area contributed by atoms with Crippen LogP contribution in [-0.4, -0.2) is 31.2 Å². The van der Waals surface area contributed by atoms with Gasteiger partial charge in [-0.3, -0.25) is 4.90 Å². The van der Waals surface area contributed by atoms with Crippen molar-refractivity contribution >= 4 is 0 Å². The Kier molecular flexibility index (Phi) is 6.91. The molecule has 0 radical (unpaired) electrons. The lowest BCUT2D eigenvalue weighted by atomic mass is 9.75. The van der Waals surface area contributed by atoms with Crippen LogP contribution in [-0.2, 0) is 11.3 Å². The van der Waals surface area contributed by atoms with Crippen molar-refractivity contribution in [3.8, 4) is 0 Å². The smallest absolute Gasteiger partial charge is 0.0608 e. The van der Waals surface area contributed by atoms with Gasteiger partial charge in [-0.05, 0) is 43.2 Å². The standard InChI is InChI=1S/C20H33NO/c1-16(2)19-11-10-17(3)14-20(19)22-13-12-21(4)15-18-8-6-5-7-9-18/h5-9,16-17,19-20H,10-15H2,1-4H3/t17-,19+,20-/m1/s1. The van der Waals surface area contributed by atoms with Gasteiger partial charge in [-0.25, -0.2) is 0 Å². The molecule has 1 fully saturated rings. The predicted octanol–water partition coefficient (Wildman–Crippen LogP) is 4.60. The fraction of sp³-hybridized carbons (Fsp3) is 0.700. The molecule has 0 unspecified atom stereocenters. The van der Waals surface area contributed by atoms with Crippen molar-refractivity contribution in [3.05, 3.63) is 35.9 Å². The van der Waals surface area contributed by atoms with Crippen molar-refractivity contribution in [2.75, 3.05) is 20.2 Å². The summed E-state index contributed by atoms with van der Waals surface area (Å²) >= 11 is 0. The molecule has 0 bridgehead atoms. The highest BCUT2D eigenvalue weighted by molar-refractivity contribution is 5.14. The quantitative estimate of drug-likeness (QED) is 0.730. The molecule has 1 saturated carbocycles. The molecular weight excluding hydrogens is 270 g/mol. The van der Waals surface area contributed by atoms with E-state index < -0.39 is 0 Å². The SMILES string of the molecule is CC(C)[C@@H]1CC[C@@H](C)C[C@H]1OCCN(C)Cc1ccccc1. The maximum Gasteiger partial charge on any atom is 0.0608 e. The molecule has 2 rings (SSSR count). The van der Waals surface area contributed by atoms with Crippen LogP contribution in [0.3, 0.4) is 0 Å². The van der Waals surface area contributed by atoms with Crippen LogP contribution in [0.5, 0.6) is 0 Å². The van der Waals surface area contributed by atoms with Crippen molar-refractivity contribution in [2.24, 2.45) is 17.8 Å². The summed E-state index contributed by atoms with van der Waals surface area (Å²) in [6.45, 7) is 9.92. The minimum absolute atomic E-state index is 0.467. The van der Waals surface area contributed by atoms with Gasteiger partial charge in [0.25, 0.3) is 0 Å². The first kappa shape index (κ1) is 17.5. The fourth-order valence-corrected chi connectivity index (χ4v) is 3.64. The zero-order chi connectivity index (χ0) is 15.9. The summed E-state index contributed by atoms with van der Waals surface area (Å²) in [6.07, 6.45) is 4.42. The molecule has 2 heteroatoms. The third kappa shape index (κ3) is 5.40. The summed E-state index contributed by atoms with van der Waals surface area (Å²) in [7, 11) is 2.18. The Bertz CT molecular complexity index is 417. The second-order valence-electron chi connectivity index (χ2n) is 7.46. The van der Waals surface area contributed by atoms with Crippen molar-refractivity contribution in [1.82, 2.24) is 4.90 Å². The van der Waals surface area contributed by atoms with E-state index in [1.54, 1.807) is 0 Å². The first-order valence-corrected chi connectivity index (χ1v) is 8.90. The lowest BCUT2D eigenvalue weighted by molar-refractivity contribution is -0.0432. The average Bonchev–Trinajstić information content (AvgIpc) is 2.48. The molecular formula is C20H33NO. The lowest BCUT2D eigenvalue weighted by Gasteiger charge is -2.37. The van der Waals surface area contributed by atoms with Crippen LogP contribution in [0.15, 0.2) is 30.3 Å². The summed E-state index contributed by atoms with van der Waals surface area (Å²) in [5.41, 5.74) is 1.37. The Morgan fingerprint density at radius 2 is 1.91 bits per heavy atom. The summed E-state index contributed by atoms with van der Waals surface area (Å²) in [5, 5.41) is 0. The number of nitrogens with zero attached hydrogens (tertiary/aromatic N) is 1. The van der Waals surface area contributed by atoms with Gasteiger partial charge in [0.1, 0.15) is 0 Å². The fourth-order valence-electron chi connectivity index (χ4n) is 3.64. The molecule has 0 amide bonds. The summed E-state index contributed by atoms with van der Waals surface area (Å²) in [4.78, 5) is 2.35. The Hall–Kier alpha value is -0.860. The second kappa shape index (κ2) is 8.69. The van der Waals surface area contributed by atoms with E-state index in [1.807, 2.05) is 0 Å². The number of hydrogen-bond acceptors (Lipinski definition) is 2. The van der Waals surface area contributed by atoms with Gasteiger partial charge >= 0.3 is 0 Å². The number of ether oxygens (including phenoxy) is 1. The van der Waals surface area contributed by atoms with E-state index in [-0.39, 0.29) is 0 Å². The summed E-state index contributed by atoms with van der Waals surface area (Å²) < 4.78 is 6.29. The first-order valence-electron chi connectivity index (χ1n) is 8.90. The van der Waals surface area contributed by atoms with Crippen LogP contribution in [0, 0.1) is 17.8 Å². The largest absolute Gasteiger partial charge is 0.377 e. The minimum atomic E-state index is 0.467. The van der Waals surface area contributed by atoms with Gasteiger partial charge in [0.05, 0.1) is 12.7 Å². The molecule has 0 heterocycles. The van der Waals surface area contributed by atoms with Gasteiger partial charge in [0.2, 0.25) is 0 Å². The highest BCUT2D eigenvalue weighted by Crippen LogP contribution is 2.35. The summed E-state index contributed by atoms with van der Waals surface area (Å²) in [5.74, 6) is 2.30. The van der Waals surface area contributed by atoms with Crippen LogP contribution in [0.4, 0.5) is 0 Å². The molecule has 0 spiro atoms. The van der Waals surface area contributed by atoms with E-state index in [9.17, 15) is 0 Å². The van der Waals surface area contributed by atoms with Gasteiger partial charge in [-0.2, -0.15) is 0 Å². The van der Waals surface area contributed by atoms with E-state index in [0.717, 1.165) is 37.5 Å². The number of hydrogen-bond donors (Lipinski definition) is 0. The van der Waals surface area contributed by atoms with Crippen LogP contribution in [0.1, 0.15) is 45.6 Å². The number of benzene rings is 1. The molecule has 22 heavy (non-hydrogen) atoms. The van der Waals surface area contributed by atoms with Gasteiger partial charge in [0.15, 0.2) is 0 Å². The van der Waals surface area contributed by atoms with Crippen LogP contribution < -0.4 is 0 Å². The van der Waals surface area contributed by atoms with Crippen LogP contribution >= 0.6 is 0 Å². The average molecular weight is 303 g/mol. The van der Waals surface area contributed by atoms with E-state index in [4.69, 9.17) is 4.74 Å². The molecule has 2 nitrogen and oxygen atoms in total. The molecule has 0 N–H and O–H groups in total. The molecule has 3 atom stereocenters. The molecule has 1 aromatic rings. The molecule has 0 aromatic heterocycles. The third-order valence-electron chi connectivity index (χ3n) is 5.06. The van der Waals surface area contributed by atoms with E-state index in [0.29, 0.717) is 6.10 Å². The van der Waals surface area contributed by atoms with Crippen molar-refractivity contribution in [2.45, 2.75) is 52.7 Å². The highest BCUT2D eigenvalue weighted by Gasteiger charge is 2.31. The van der Waals surface area contributed by atoms with E-state index in [1.165, 1.54) is 24.8 Å². The maximum absolute atomic E-state index is 6.29. The molecule has 0 saturated heterocycles. The van der Waals surface area contributed by atoms with Crippen molar-refractivity contribution in [1.29, 1.82) is 0 Å². The van der Waals surface area contributed by atoms with Gasteiger partial charge in [0, 0.05) is 13.1 Å². The normalized spacial score (nSPS) is 25.8. The second-order valence-corrected chi connectivity index (χ2v) is 7.46. The predicted molar refractivity (Wildman–Crippen MR) is 93.9 cm³/mol. The monoisotopic (exact) mass is 303 g/mol. The Morgan fingerprint density at radius 3 is 2.59 bits per heavy atom. The van der Waals surface area contributed by atoms with E-state index in [2.05, 4.69) is 63.1 Å². The van der Waals surface area contributed by atoms with Gasteiger partial charge < -0.3 is 4.74 Å². The van der Waals surface area contributed by atoms with E-state index >= 15 is 0 Å². The summed E-state index contributed by atoms with van der Waals surface area (Å²) in [6, 6.07) is 10.7. The zero-order valence-electron chi connectivity index (χ0n) is 14.8. The molecule has 1 aromatic carbocycles. The van der Waals surface area contributed by atoms with Gasteiger partial charge in [-0.15, -0.1) is 0 Å². The number of likely N-dealkylation sites (N-methyl/N-ethyl adjacent to an activating group) is 1. The third-order valence-corrected chi connectivity index (χ3v) is 5.06. The maximum atomic E-state index is 6.29. The molecule has 124 valence electrons.